The molecule has 1 unspecified atom stereocenters. The largest absolute Gasteiger partial charge is 0.478 e. The minimum atomic E-state index is -1.94. The first-order chi connectivity index (χ1) is 16.4. The summed E-state index contributed by atoms with van der Waals surface area (Å²) in [5.74, 6) is -1.67. The Morgan fingerprint density at radius 2 is 1.68 bits per heavy atom. The van der Waals surface area contributed by atoms with Gasteiger partial charge in [-0.1, -0.05) is 55.8 Å². The molecule has 1 aromatic carbocycles. The van der Waals surface area contributed by atoms with Gasteiger partial charge in [0.1, 0.15) is 6.61 Å². The Morgan fingerprint density at radius 1 is 1.00 bits per heavy atom. The second-order valence-electron chi connectivity index (χ2n) is 7.77. The average Bonchev–Trinajstić information content (AvgIpc) is 3.54. The van der Waals surface area contributed by atoms with E-state index < -0.39 is 17.7 Å². The monoisotopic (exact) mass is 500 g/mol. The molecule has 2 aromatic heterocycles. The van der Waals surface area contributed by atoms with E-state index in [1.54, 1.807) is 0 Å². The van der Waals surface area contributed by atoms with Crippen molar-refractivity contribution < 1.29 is 24.2 Å². The number of unbranched alkanes of at least 4 members (excludes halogenated alkanes) is 1. The lowest BCUT2D eigenvalue weighted by Crippen LogP contribution is -2.67. The van der Waals surface area contributed by atoms with Gasteiger partial charge in [0.05, 0.1) is 13.0 Å². The lowest BCUT2D eigenvalue weighted by molar-refractivity contribution is -0.163. The van der Waals surface area contributed by atoms with Gasteiger partial charge in [-0.05, 0) is 34.9 Å². The summed E-state index contributed by atoms with van der Waals surface area (Å²) >= 11 is 2.86. The number of benzene rings is 1. The lowest BCUT2D eigenvalue weighted by Gasteiger charge is -2.40. The number of carbonyl (C=O) groups excluding carboxylic acids is 2. The predicted molar refractivity (Wildman–Crippen MR) is 133 cm³/mol. The Morgan fingerprint density at radius 3 is 2.26 bits per heavy atom. The minimum Gasteiger partial charge on any atom is -0.478 e. The number of amides is 2. The maximum absolute atomic E-state index is 13.5. The van der Waals surface area contributed by atoms with E-state index >= 15 is 0 Å². The highest BCUT2D eigenvalue weighted by atomic mass is 32.1. The Bertz CT molecular complexity index is 1050. The lowest BCUT2D eigenvalue weighted by atomic mass is 9.99. The Hall–Kier alpha value is -3.17. The molecule has 34 heavy (non-hydrogen) atoms. The molecule has 2 N–H and O–H groups in total. The van der Waals surface area contributed by atoms with Crippen LogP contribution in [0.15, 0.2) is 65.4 Å². The zero-order valence-electron chi connectivity index (χ0n) is 18.9. The van der Waals surface area contributed by atoms with Crippen LogP contribution in [0.2, 0.25) is 0 Å². The molecule has 3 aromatic rings. The summed E-state index contributed by atoms with van der Waals surface area (Å²) in [6.45, 7) is 1.98. The Labute approximate surface area is 207 Å². The van der Waals surface area contributed by atoms with Crippen molar-refractivity contribution in [3.63, 3.8) is 0 Å². The molecule has 7 nitrogen and oxygen atoms in total. The van der Waals surface area contributed by atoms with Crippen LogP contribution in [0.1, 0.15) is 41.5 Å². The van der Waals surface area contributed by atoms with Gasteiger partial charge < -0.3 is 14.7 Å². The number of nitrogens with zero attached hydrogens (tertiary/aromatic N) is 1. The van der Waals surface area contributed by atoms with Crippen LogP contribution in [0.25, 0.3) is 0 Å². The molecule has 0 bridgehead atoms. The van der Waals surface area contributed by atoms with Crippen LogP contribution in [0.5, 0.6) is 0 Å². The molecule has 3 rings (SSSR count). The number of thiophene rings is 2. The van der Waals surface area contributed by atoms with Gasteiger partial charge in [-0.15, -0.1) is 22.7 Å². The number of aliphatic carboxylic acids is 1. The highest BCUT2D eigenvalue weighted by Gasteiger charge is 2.48. The number of hydrogen-bond donors (Lipinski definition) is 2. The van der Waals surface area contributed by atoms with E-state index in [4.69, 9.17) is 4.74 Å². The maximum atomic E-state index is 13.5. The molecule has 0 spiro atoms. The molecule has 0 fully saturated rings. The van der Waals surface area contributed by atoms with Gasteiger partial charge in [-0.2, -0.15) is 0 Å². The molecule has 9 heteroatoms. The first kappa shape index (κ1) is 25.5. The van der Waals surface area contributed by atoms with Crippen molar-refractivity contribution in [2.24, 2.45) is 0 Å². The molecule has 0 aliphatic carbocycles. The number of carboxylic acid groups (broad SMARTS) is 1. The number of nitrogens with one attached hydrogen (secondary N) is 1. The normalized spacial score (nSPS) is 12.5. The fraction of sp³-hybridized carbons (Fsp3) is 0.320. The van der Waals surface area contributed by atoms with Gasteiger partial charge in [0.2, 0.25) is 11.6 Å². The fourth-order valence-corrected chi connectivity index (χ4v) is 4.94. The third kappa shape index (κ3) is 6.68. The first-order valence-electron chi connectivity index (χ1n) is 11.0. The molecular weight excluding hydrogens is 472 g/mol. The molecule has 2 amide bonds. The first-order valence-corrected chi connectivity index (χ1v) is 12.8. The molecule has 0 saturated carbocycles. The van der Waals surface area contributed by atoms with Gasteiger partial charge >= 0.3 is 12.1 Å². The molecule has 0 aliphatic rings. The van der Waals surface area contributed by atoms with E-state index in [9.17, 15) is 19.5 Å². The summed E-state index contributed by atoms with van der Waals surface area (Å²) in [5, 5.41) is 16.7. The molecule has 2 heterocycles. The number of hydrogen-bond acceptors (Lipinski definition) is 6. The third-order valence-electron chi connectivity index (χ3n) is 5.33. The van der Waals surface area contributed by atoms with Crippen LogP contribution in [0.4, 0.5) is 4.79 Å². The average molecular weight is 501 g/mol. The summed E-state index contributed by atoms with van der Waals surface area (Å²) in [4.78, 5) is 42.0. The van der Waals surface area contributed by atoms with Crippen molar-refractivity contribution in [2.75, 3.05) is 0 Å². The molecule has 0 aliphatic heterocycles. The zero-order chi connectivity index (χ0) is 24.4. The maximum Gasteiger partial charge on any atom is 0.409 e. The Balaban J connectivity index is 1.90. The standard InChI is InChI=1S/C25H28N2O5S2/c1-2-3-13-25(23(29)30,26-24(31)32-18-19-9-5-4-6-10-19)27(17-21-12-8-15-34-21)22(28)16-20-11-7-14-33-20/h4-12,14-15H,2-3,13,16-18H2,1H3,(H,26,31)(H,29,30). The van der Waals surface area contributed by atoms with E-state index in [0.717, 1.165) is 15.3 Å². The van der Waals surface area contributed by atoms with Crippen molar-refractivity contribution >= 4 is 40.6 Å². The number of alkyl carbamates (subject to hydrolysis) is 1. The summed E-state index contributed by atoms with van der Waals surface area (Å²) in [6.07, 6.45) is 0.411. The molecular formula is C25H28N2O5S2. The van der Waals surface area contributed by atoms with Crippen molar-refractivity contribution in [3.8, 4) is 0 Å². The highest BCUT2D eigenvalue weighted by Crippen LogP contribution is 2.27. The minimum absolute atomic E-state index is 0.00971. The summed E-state index contributed by atoms with van der Waals surface area (Å²) in [6, 6.07) is 16.5. The van der Waals surface area contributed by atoms with E-state index in [1.165, 1.54) is 27.6 Å². The molecule has 1 atom stereocenters. The quantitative estimate of drug-likeness (QED) is 0.330. The highest BCUT2D eigenvalue weighted by molar-refractivity contribution is 7.10. The molecule has 0 saturated heterocycles. The van der Waals surface area contributed by atoms with Crippen molar-refractivity contribution in [2.45, 2.75) is 51.4 Å². The molecule has 0 radical (unpaired) electrons. The second kappa shape index (κ2) is 12.3. The van der Waals surface area contributed by atoms with Crippen LogP contribution < -0.4 is 5.32 Å². The van der Waals surface area contributed by atoms with Crippen molar-refractivity contribution in [3.05, 3.63) is 80.7 Å². The zero-order valence-corrected chi connectivity index (χ0v) is 20.6. The van der Waals surface area contributed by atoms with Crippen LogP contribution in [-0.2, 0) is 33.9 Å². The van der Waals surface area contributed by atoms with Gasteiger partial charge in [-0.3, -0.25) is 10.1 Å². The summed E-state index contributed by atoms with van der Waals surface area (Å²) in [5.41, 5.74) is -1.17. The van der Waals surface area contributed by atoms with Crippen molar-refractivity contribution in [1.29, 1.82) is 0 Å². The SMILES string of the molecule is CCCCC(NC(=O)OCc1ccccc1)(C(=O)O)N(Cc1cccs1)C(=O)Cc1cccs1. The van der Waals surface area contributed by atoms with Crippen LogP contribution >= 0.6 is 22.7 Å². The topological polar surface area (TPSA) is 95.9 Å². The van der Waals surface area contributed by atoms with Gasteiger partial charge in [0, 0.05) is 16.2 Å². The smallest absolute Gasteiger partial charge is 0.409 e. The van der Waals surface area contributed by atoms with E-state index in [2.05, 4.69) is 5.32 Å². The van der Waals surface area contributed by atoms with Crippen LogP contribution in [0, 0.1) is 0 Å². The Kier molecular flexibility index (Phi) is 9.24. The van der Waals surface area contributed by atoms with Gasteiger partial charge in [-0.25, -0.2) is 9.59 Å². The second-order valence-corrected chi connectivity index (χ2v) is 9.84. The van der Waals surface area contributed by atoms with E-state index in [0.29, 0.717) is 12.8 Å². The number of carbonyl (C=O) groups is 3. The number of ether oxygens (including phenoxy) is 1. The van der Waals surface area contributed by atoms with Crippen LogP contribution in [0.3, 0.4) is 0 Å². The number of carboxylic acids is 1. The third-order valence-corrected chi connectivity index (χ3v) is 7.07. The van der Waals surface area contributed by atoms with Gasteiger partial charge in [0.25, 0.3) is 0 Å². The van der Waals surface area contributed by atoms with Gasteiger partial charge in [0.15, 0.2) is 0 Å². The summed E-state index contributed by atoms with van der Waals surface area (Å²) < 4.78 is 5.34. The van der Waals surface area contributed by atoms with Crippen molar-refractivity contribution in [1.82, 2.24) is 10.2 Å². The van der Waals surface area contributed by atoms with E-state index in [1.807, 2.05) is 72.3 Å². The van der Waals surface area contributed by atoms with E-state index in [-0.39, 0.29) is 31.9 Å². The predicted octanol–water partition coefficient (Wildman–Crippen LogP) is 5.28. The van der Waals surface area contributed by atoms with Crippen LogP contribution in [-0.4, -0.2) is 33.6 Å². The molecule has 180 valence electrons. The fourth-order valence-electron chi connectivity index (χ4n) is 3.55. The summed E-state index contributed by atoms with van der Waals surface area (Å²) in [7, 11) is 0. The number of rotatable bonds is 12.